The van der Waals surface area contributed by atoms with Crippen LogP contribution in [0.1, 0.15) is 21.6 Å². The first-order valence-electron chi connectivity index (χ1n) is 5.08. The number of pyridine rings is 1. The molecule has 3 nitrogen and oxygen atoms in total. The fraction of sp³-hybridized carbons (Fsp3) is 0. The van der Waals surface area contributed by atoms with E-state index in [1.807, 2.05) is 30.3 Å². The fourth-order valence-corrected chi connectivity index (χ4v) is 1.27. The Morgan fingerprint density at radius 3 is 2.41 bits per heavy atom. The Labute approximate surface area is 99.3 Å². The van der Waals surface area contributed by atoms with E-state index < -0.39 is 5.91 Å². The Hall–Kier alpha value is -2.60. The number of carbonyl (C=O) groups excluding carboxylic acids is 1. The highest BCUT2D eigenvalue weighted by Crippen LogP contribution is 1.99. The zero-order chi connectivity index (χ0) is 12.1. The highest BCUT2D eigenvalue weighted by atomic mass is 16.1. The Balaban J connectivity index is 2.20. The predicted molar refractivity (Wildman–Crippen MR) is 65.2 cm³/mol. The zero-order valence-electron chi connectivity index (χ0n) is 9.05. The summed E-state index contributed by atoms with van der Waals surface area (Å²) >= 11 is 0. The molecular weight excluding hydrogens is 212 g/mol. The van der Waals surface area contributed by atoms with E-state index in [9.17, 15) is 4.79 Å². The van der Waals surface area contributed by atoms with Crippen molar-refractivity contribution < 1.29 is 4.79 Å². The zero-order valence-corrected chi connectivity index (χ0v) is 9.05. The van der Waals surface area contributed by atoms with Crippen molar-refractivity contribution in [2.45, 2.75) is 0 Å². The van der Waals surface area contributed by atoms with Crippen LogP contribution >= 0.6 is 0 Å². The molecule has 1 heterocycles. The van der Waals surface area contributed by atoms with Crippen molar-refractivity contribution in [1.29, 1.82) is 0 Å². The van der Waals surface area contributed by atoms with Gasteiger partial charge in [0.05, 0.1) is 5.56 Å². The van der Waals surface area contributed by atoms with Gasteiger partial charge in [-0.2, -0.15) is 0 Å². The minimum atomic E-state index is -0.486. The molecular formula is C14H10N2O. The lowest BCUT2D eigenvalue weighted by molar-refractivity contribution is 0.1000. The SMILES string of the molecule is NC(=O)c1ccc(C#Cc2ccccc2)nc1. The van der Waals surface area contributed by atoms with E-state index in [1.54, 1.807) is 12.1 Å². The standard InChI is InChI=1S/C14H10N2O/c15-14(17)12-7-9-13(16-10-12)8-6-11-4-2-1-3-5-11/h1-5,7,9-10H,(H2,15,17). The van der Waals surface area contributed by atoms with Gasteiger partial charge in [0, 0.05) is 11.8 Å². The molecule has 0 radical (unpaired) electrons. The molecule has 82 valence electrons. The van der Waals surface area contributed by atoms with E-state index in [2.05, 4.69) is 16.8 Å². The summed E-state index contributed by atoms with van der Waals surface area (Å²) in [5.74, 6) is 5.41. The quantitative estimate of drug-likeness (QED) is 0.745. The van der Waals surface area contributed by atoms with Crippen LogP contribution in [0.4, 0.5) is 0 Å². The monoisotopic (exact) mass is 222 g/mol. The van der Waals surface area contributed by atoms with Crippen LogP contribution in [0.3, 0.4) is 0 Å². The van der Waals surface area contributed by atoms with Crippen LogP contribution in [-0.2, 0) is 0 Å². The van der Waals surface area contributed by atoms with Gasteiger partial charge in [-0.3, -0.25) is 4.79 Å². The number of hydrogen-bond acceptors (Lipinski definition) is 2. The highest BCUT2D eigenvalue weighted by molar-refractivity contribution is 5.92. The maximum Gasteiger partial charge on any atom is 0.250 e. The van der Waals surface area contributed by atoms with Crippen LogP contribution in [0, 0.1) is 11.8 Å². The Morgan fingerprint density at radius 1 is 1.06 bits per heavy atom. The molecule has 17 heavy (non-hydrogen) atoms. The largest absolute Gasteiger partial charge is 0.366 e. The summed E-state index contributed by atoms with van der Waals surface area (Å²) in [6, 6.07) is 12.9. The van der Waals surface area contributed by atoms with E-state index in [0.717, 1.165) is 5.56 Å². The predicted octanol–water partition coefficient (Wildman–Crippen LogP) is 1.58. The van der Waals surface area contributed by atoms with Crippen molar-refractivity contribution in [3.63, 3.8) is 0 Å². The first-order chi connectivity index (χ1) is 8.25. The van der Waals surface area contributed by atoms with E-state index in [-0.39, 0.29) is 0 Å². The Morgan fingerprint density at radius 2 is 1.82 bits per heavy atom. The Kier molecular flexibility index (Phi) is 3.18. The van der Waals surface area contributed by atoms with Crippen LogP contribution < -0.4 is 5.73 Å². The van der Waals surface area contributed by atoms with Gasteiger partial charge in [-0.05, 0) is 30.2 Å². The number of benzene rings is 1. The molecule has 1 amide bonds. The molecule has 1 aromatic carbocycles. The molecule has 0 aliphatic rings. The van der Waals surface area contributed by atoms with Crippen LogP contribution in [-0.4, -0.2) is 10.9 Å². The minimum Gasteiger partial charge on any atom is -0.366 e. The number of amides is 1. The molecule has 0 bridgehead atoms. The molecule has 0 saturated heterocycles. The average molecular weight is 222 g/mol. The summed E-state index contributed by atoms with van der Waals surface area (Å²) in [5.41, 5.74) is 7.03. The van der Waals surface area contributed by atoms with Gasteiger partial charge in [0.15, 0.2) is 0 Å². The third-order valence-corrected chi connectivity index (χ3v) is 2.16. The van der Waals surface area contributed by atoms with E-state index in [1.165, 1.54) is 6.20 Å². The average Bonchev–Trinajstić information content (AvgIpc) is 2.38. The van der Waals surface area contributed by atoms with Crippen molar-refractivity contribution in [2.24, 2.45) is 5.73 Å². The second kappa shape index (κ2) is 4.95. The summed E-state index contributed by atoms with van der Waals surface area (Å²) in [5, 5.41) is 0. The maximum atomic E-state index is 10.8. The second-order valence-electron chi connectivity index (χ2n) is 3.41. The molecule has 0 atom stereocenters. The first kappa shape index (κ1) is 10.9. The molecule has 0 spiro atoms. The van der Waals surface area contributed by atoms with Crippen LogP contribution in [0.5, 0.6) is 0 Å². The number of primary amides is 1. The lowest BCUT2D eigenvalue weighted by Crippen LogP contribution is -2.11. The molecule has 0 unspecified atom stereocenters. The fourth-order valence-electron chi connectivity index (χ4n) is 1.27. The highest BCUT2D eigenvalue weighted by Gasteiger charge is 1.98. The second-order valence-corrected chi connectivity index (χ2v) is 3.41. The van der Waals surface area contributed by atoms with E-state index >= 15 is 0 Å². The molecule has 0 aliphatic heterocycles. The van der Waals surface area contributed by atoms with Crippen molar-refractivity contribution in [3.8, 4) is 11.8 Å². The number of nitrogens with two attached hydrogens (primary N) is 1. The van der Waals surface area contributed by atoms with Crippen LogP contribution in [0.2, 0.25) is 0 Å². The van der Waals surface area contributed by atoms with E-state index in [0.29, 0.717) is 11.3 Å². The van der Waals surface area contributed by atoms with E-state index in [4.69, 9.17) is 5.73 Å². The lowest BCUT2D eigenvalue weighted by atomic mass is 10.2. The summed E-state index contributed by atoms with van der Waals surface area (Å²) in [4.78, 5) is 14.9. The molecule has 2 N–H and O–H groups in total. The summed E-state index contributed by atoms with van der Waals surface area (Å²) in [6.45, 7) is 0. The number of carbonyl (C=O) groups is 1. The summed E-state index contributed by atoms with van der Waals surface area (Å²) in [7, 11) is 0. The third kappa shape index (κ3) is 2.93. The summed E-state index contributed by atoms with van der Waals surface area (Å²) in [6.07, 6.45) is 1.43. The molecule has 0 fully saturated rings. The molecule has 2 aromatic rings. The van der Waals surface area contributed by atoms with Crippen molar-refractivity contribution in [2.75, 3.05) is 0 Å². The van der Waals surface area contributed by atoms with Gasteiger partial charge in [0.1, 0.15) is 5.69 Å². The van der Waals surface area contributed by atoms with Gasteiger partial charge < -0.3 is 5.73 Å². The molecule has 3 heteroatoms. The van der Waals surface area contributed by atoms with Crippen molar-refractivity contribution in [1.82, 2.24) is 4.98 Å². The normalized spacial score (nSPS) is 9.18. The minimum absolute atomic E-state index is 0.385. The molecule has 0 saturated carbocycles. The smallest absolute Gasteiger partial charge is 0.250 e. The number of aromatic nitrogens is 1. The number of hydrogen-bond donors (Lipinski definition) is 1. The maximum absolute atomic E-state index is 10.8. The lowest BCUT2D eigenvalue weighted by Gasteiger charge is -1.93. The summed E-state index contributed by atoms with van der Waals surface area (Å²) < 4.78 is 0. The number of nitrogens with zero attached hydrogens (tertiary/aromatic N) is 1. The van der Waals surface area contributed by atoms with Gasteiger partial charge in [0.25, 0.3) is 0 Å². The third-order valence-electron chi connectivity index (χ3n) is 2.16. The van der Waals surface area contributed by atoms with Gasteiger partial charge in [-0.1, -0.05) is 24.1 Å². The van der Waals surface area contributed by atoms with Crippen molar-refractivity contribution in [3.05, 3.63) is 65.5 Å². The topological polar surface area (TPSA) is 56.0 Å². The van der Waals surface area contributed by atoms with Gasteiger partial charge in [-0.25, -0.2) is 4.98 Å². The van der Waals surface area contributed by atoms with Crippen LogP contribution in [0.15, 0.2) is 48.7 Å². The van der Waals surface area contributed by atoms with Crippen LogP contribution in [0.25, 0.3) is 0 Å². The first-order valence-corrected chi connectivity index (χ1v) is 5.08. The Bertz CT molecular complexity index is 577. The van der Waals surface area contributed by atoms with Gasteiger partial charge in [0.2, 0.25) is 5.91 Å². The van der Waals surface area contributed by atoms with Gasteiger partial charge >= 0.3 is 0 Å². The van der Waals surface area contributed by atoms with Gasteiger partial charge in [-0.15, -0.1) is 0 Å². The molecule has 1 aromatic heterocycles. The number of rotatable bonds is 1. The molecule has 2 rings (SSSR count). The van der Waals surface area contributed by atoms with Crippen molar-refractivity contribution >= 4 is 5.91 Å². The molecule has 0 aliphatic carbocycles.